The third kappa shape index (κ3) is 7.44. The van der Waals surface area contributed by atoms with Gasteiger partial charge in [0.25, 0.3) is 5.91 Å². The zero-order chi connectivity index (χ0) is 24.3. The van der Waals surface area contributed by atoms with Crippen LogP contribution in [0, 0.1) is 0 Å². The summed E-state index contributed by atoms with van der Waals surface area (Å²) in [5.74, 6) is -0.448. The molecule has 0 spiro atoms. The van der Waals surface area contributed by atoms with Gasteiger partial charge in [-0.15, -0.1) is 0 Å². The van der Waals surface area contributed by atoms with Crippen LogP contribution in [0.5, 0.6) is 0 Å². The monoisotopic (exact) mass is 477 g/mol. The number of hydrogen-bond donors (Lipinski definition) is 2. The molecule has 0 aliphatic heterocycles. The molecule has 0 aliphatic carbocycles. The van der Waals surface area contributed by atoms with Gasteiger partial charge in [0.05, 0.1) is 23.0 Å². The average molecular weight is 478 g/mol. The molecule has 1 atom stereocenters. The van der Waals surface area contributed by atoms with Gasteiger partial charge in [-0.25, -0.2) is 0 Å². The number of benzene rings is 3. The fourth-order valence-corrected chi connectivity index (χ4v) is 3.97. The van der Waals surface area contributed by atoms with Crippen molar-refractivity contribution in [3.63, 3.8) is 0 Å². The molecule has 0 aliphatic rings. The predicted octanol–water partition coefficient (Wildman–Crippen LogP) is 5.36. The van der Waals surface area contributed by atoms with Crippen LogP contribution in [0.25, 0.3) is 0 Å². The van der Waals surface area contributed by atoms with E-state index in [1.165, 1.54) is 5.56 Å². The minimum Gasteiger partial charge on any atom is -0.352 e. The summed E-state index contributed by atoms with van der Waals surface area (Å²) < 4.78 is 0. The molecule has 34 heavy (non-hydrogen) atoms. The summed E-state index contributed by atoms with van der Waals surface area (Å²) in [4.78, 5) is 28.0. The van der Waals surface area contributed by atoms with E-state index in [4.69, 9.17) is 11.6 Å². The third-order valence-electron chi connectivity index (χ3n) is 5.83. The Kier molecular flexibility index (Phi) is 9.68. The van der Waals surface area contributed by atoms with E-state index >= 15 is 0 Å². The highest BCUT2D eigenvalue weighted by molar-refractivity contribution is 6.33. The maximum atomic E-state index is 12.8. The van der Waals surface area contributed by atoms with Gasteiger partial charge in [-0.1, -0.05) is 92.2 Å². The van der Waals surface area contributed by atoms with Crippen LogP contribution in [0.1, 0.15) is 53.4 Å². The Balaban J connectivity index is 1.61. The molecular formula is C28H32ClN3O2. The highest BCUT2D eigenvalue weighted by Gasteiger charge is 2.20. The number of nitrogens with one attached hydrogen (secondary N) is 2. The van der Waals surface area contributed by atoms with E-state index in [9.17, 15) is 9.59 Å². The zero-order valence-electron chi connectivity index (χ0n) is 19.8. The van der Waals surface area contributed by atoms with Crippen LogP contribution < -0.4 is 10.6 Å². The van der Waals surface area contributed by atoms with E-state index in [1.54, 1.807) is 24.3 Å². The van der Waals surface area contributed by atoms with Gasteiger partial charge in [-0.3, -0.25) is 14.5 Å². The number of amides is 2. The van der Waals surface area contributed by atoms with Crippen molar-refractivity contribution < 1.29 is 9.59 Å². The predicted molar refractivity (Wildman–Crippen MR) is 138 cm³/mol. The summed E-state index contributed by atoms with van der Waals surface area (Å²) in [6.45, 7) is 7.71. The Morgan fingerprint density at radius 1 is 0.853 bits per heavy atom. The van der Waals surface area contributed by atoms with Gasteiger partial charge in [0.1, 0.15) is 0 Å². The maximum absolute atomic E-state index is 12.8. The van der Waals surface area contributed by atoms with Crippen LogP contribution in [0.15, 0.2) is 78.9 Å². The summed E-state index contributed by atoms with van der Waals surface area (Å²) in [5, 5.41) is 6.32. The SMILES string of the molecule is CCN(CC)Cc1ccc(CNC(=O)C[C@H](NC(=O)c2ccccc2Cl)c2ccccc2)cc1. The molecule has 0 fully saturated rings. The molecule has 6 heteroatoms. The van der Waals surface area contributed by atoms with Gasteiger partial charge in [0.15, 0.2) is 0 Å². The lowest BCUT2D eigenvalue weighted by molar-refractivity contribution is -0.121. The summed E-state index contributed by atoms with van der Waals surface area (Å²) in [7, 11) is 0. The second-order valence-electron chi connectivity index (χ2n) is 8.18. The van der Waals surface area contributed by atoms with E-state index in [-0.39, 0.29) is 18.2 Å². The lowest BCUT2D eigenvalue weighted by Crippen LogP contribution is -2.33. The Morgan fingerprint density at radius 2 is 1.47 bits per heavy atom. The molecule has 2 N–H and O–H groups in total. The first kappa shape index (κ1) is 25.5. The quantitative estimate of drug-likeness (QED) is 0.391. The van der Waals surface area contributed by atoms with E-state index in [0.717, 1.165) is 30.8 Å². The van der Waals surface area contributed by atoms with E-state index in [1.807, 2.05) is 42.5 Å². The first-order valence-corrected chi connectivity index (χ1v) is 12.0. The fraction of sp³-hybridized carbons (Fsp3) is 0.286. The first-order chi connectivity index (χ1) is 16.5. The Hall–Kier alpha value is -3.15. The van der Waals surface area contributed by atoms with Crippen molar-refractivity contribution in [2.75, 3.05) is 13.1 Å². The van der Waals surface area contributed by atoms with Gasteiger partial charge in [0.2, 0.25) is 5.91 Å². The van der Waals surface area contributed by atoms with Crippen molar-refractivity contribution in [2.24, 2.45) is 0 Å². The van der Waals surface area contributed by atoms with E-state index in [0.29, 0.717) is 17.1 Å². The standard InChI is InChI=1S/C28H32ClN3O2/c1-3-32(4-2)20-22-16-14-21(15-17-22)19-30-27(33)18-26(23-10-6-5-7-11-23)31-28(34)24-12-8-9-13-25(24)29/h5-17,26H,3-4,18-20H2,1-2H3,(H,30,33)(H,31,34)/t26-/m0/s1. The lowest BCUT2D eigenvalue weighted by atomic mass is 10.0. The first-order valence-electron chi connectivity index (χ1n) is 11.7. The molecule has 178 valence electrons. The molecule has 0 radical (unpaired) electrons. The number of carbonyl (C=O) groups is 2. The summed E-state index contributed by atoms with van der Waals surface area (Å²) in [6, 6.07) is 24.2. The van der Waals surface area contributed by atoms with Crippen molar-refractivity contribution in [3.8, 4) is 0 Å². The van der Waals surface area contributed by atoms with Crippen molar-refractivity contribution in [1.29, 1.82) is 0 Å². The van der Waals surface area contributed by atoms with Gasteiger partial charge >= 0.3 is 0 Å². The largest absolute Gasteiger partial charge is 0.352 e. The Labute approximate surface area is 207 Å². The van der Waals surface area contributed by atoms with E-state index in [2.05, 4.69) is 41.5 Å². The summed E-state index contributed by atoms with van der Waals surface area (Å²) in [6.07, 6.45) is 0.125. The molecular weight excluding hydrogens is 446 g/mol. The van der Waals surface area contributed by atoms with Crippen LogP contribution in [-0.4, -0.2) is 29.8 Å². The van der Waals surface area contributed by atoms with Crippen LogP contribution in [0.4, 0.5) is 0 Å². The minimum atomic E-state index is -0.471. The number of carbonyl (C=O) groups excluding carboxylic acids is 2. The van der Waals surface area contributed by atoms with E-state index < -0.39 is 6.04 Å². The van der Waals surface area contributed by atoms with Crippen LogP contribution in [0.2, 0.25) is 5.02 Å². The second-order valence-corrected chi connectivity index (χ2v) is 8.58. The molecule has 0 aromatic heterocycles. The molecule has 0 bridgehead atoms. The fourth-order valence-electron chi connectivity index (χ4n) is 3.75. The molecule has 3 aromatic carbocycles. The highest BCUT2D eigenvalue weighted by atomic mass is 35.5. The lowest BCUT2D eigenvalue weighted by Gasteiger charge is -2.20. The summed E-state index contributed by atoms with van der Waals surface area (Å²) in [5.41, 5.74) is 3.53. The number of hydrogen-bond acceptors (Lipinski definition) is 3. The minimum absolute atomic E-state index is 0.125. The third-order valence-corrected chi connectivity index (χ3v) is 6.16. The number of nitrogens with zero attached hydrogens (tertiary/aromatic N) is 1. The van der Waals surface area contributed by atoms with Gasteiger partial charge in [0, 0.05) is 13.1 Å². The van der Waals surface area contributed by atoms with Crippen molar-refractivity contribution in [3.05, 3.63) is 106 Å². The van der Waals surface area contributed by atoms with Crippen LogP contribution >= 0.6 is 11.6 Å². The Bertz CT molecular complexity index is 1070. The zero-order valence-corrected chi connectivity index (χ0v) is 20.5. The second kappa shape index (κ2) is 12.9. The van der Waals surface area contributed by atoms with Crippen molar-refractivity contribution in [2.45, 2.75) is 39.4 Å². The maximum Gasteiger partial charge on any atom is 0.253 e. The molecule has 0 saturated heterocycles. The highest BCUT2D eigenvalue weighted by Crippen LogP contribution is 2.20. The Morgan fingerprint density at radius 3 is 2.12 bits per heavy atom. The summed E-state index contributed by atoms with van der Waals surface area (Å²) >= 11 is 6.18. The average Bonchev–Trinajstić information content (AvgIpc) is 2.87. The van der Waals surface area contributed by atoms with Gasteiger partial charge in [-0.05, 0) is 41.9 Å². The van der Waals surface area contributed by atoms with Crippen LogP contribution in [-0.2, 0) is 17.9 Å². The molecule has 0 heterocycles. The molecule has 3 rings (SSSR count). The topological polar surface area (TPSA) is 61.4 Å². The van der Waals surface area contributed by atoms with Gasteiger partial charge < -0.3 is 10.6 Å². The van der Waals surface area contributed by atoms with Crippen molar-refractivity contribution >= 4 is 23.4 Å². The molecule has 5 nitrogen and oxygen atoms in total. The van der Waals surface area contributed by atoms with Gasteiger partial charge in [-0.2, -0.15) is 0 Å². The number of halogens is 1. The van der Waals surface area contributed by atoms with Crippen LogP contribution in [0.3, 0.4) is 0 Å². The molecule has 0 saturated carbocycles. The molecule has 0 unspecified atom stereocenters. The normalized spacial score (nSPS) is 11.8. The number of rotatable bonds is 11. The smallest absolute Gasteiger partial charge is 0.253 e. The van der Waals surface area contributed by atoms with Crippen molar-refractivity contribution in [1.82, 2.24) is 15.5 Å². The molecule has 3 aromatic rings. The molecule has 2 amide bonds.